The number of aromatic carboxylic acids is 1. The van der Waals surface area contributed by atoms with E-state index in [9.17, 15) is 20.1 Å². The molecule has 0 amide bonds. The number of aliphatic hydroxyl groups is 3. The highest BCUT2D eigenvalue weighted by Crippen LogP contribution is 2.19. The summed E-state index contributed by atoms with van der Waals surface area (Å²) in [4.78, 5) is 10.8. The Kier molecular flexibility index (Phi) is 4.01. The summed E-state index contributed by atoms with van der Waals surface area (Å²) in [6.07, 6.45) is -4.67. The maximum Gasteiger partial charge on any atom is 0.335 e. The van der Waals surface area contributed by atoms with Crippen molar-refractivity contribution in [3.63, 3.8) is 0 Å². The van der Waals surface area contributed by atoms with Crippen LogP contribution in [0.15, 0.2) is 24.3 Å². The third-order valence-corrected chi connectivity index (χ3v) is 2.92. The molecule has 1 heterocycles. The van der Waals surface area contributed by atoms with Crippen molar-refractivity contribution in [2.75, 3.05) is 11.9 Å². The van der Waals surface area contributed by atoms with E-state index in [1.165, 1.54) is 12.1 Å². The molecule has 1 saturated heterocycles. The number of benzene rings is 1. The van der Waals surface area contributed by atoms with Crippen LogP contribution in [0.1, 0.15) is 10.4 Å². The number of nitrogens with one attached hydrogen (secondary N) is 1. The molecule has 104 valence electrons. The summed E-state index contributed by atoms with van der Waals surface area (Å²) < 4.78 is 5.16. The van der Waals surface area contributed by atoms with Gasteiger partial charge in [-0.3, -0.25) is 0 Å². The zero-order valence-electron chi connectivity index (χ0n) is 9.93. The van der Waals surface area contributed by atoms with Gasteiger partial charge in [-0.15, -0.1) is 0 Å². The maximum absolute atomic E-state index is 10.8. The minimum absolute atomic E-state index is 0.0934. The first-order valence-electron chi connectivity index (χ1n) is 5.74. The summed E-state index contributed by atoms with van der Waals surface area (Å²) in [5, 5.41) is 40.2. The van der Waals surface area contributed by atoms with Crippen molar-refractivity contribution in [2.24, 2.45) is 0 Å². The van der Waals surface area contributed by atoms with Gasteiger partial charge in [-0.2, -0.15) is 0 Å². The van der Waals surface area contributed by atoms with Gasteiger partial charge in [0.25, 0.3) is 0 Å². The molecule has 0 aliphatic carbocycles. The van der Waals surface area contributed by atoms with Crippen LogP contribution in [0.4, 0.5) is 5.69 Å². The molecule has 7 nitrogen and oxygen atoms in total. The zero-order chi connectivity index (χ0) is 14.0. The second kappa shape index (κ2) is 5.54. The predicted molar refractivity (Wildman–Crippen MR) is 64.8 cm³/mol. The Hall–Kier alpha value is -1.67. The van der Waals surface area contributed by atoms with Crippen LogP contribution >= 0.6 is 0 Å². The first-order chi connectivity index (χ1) is 8.99. The van der Waals surface area contributed by atoms with Crippen LogP contribution in [-0.2, 0) is 4.74 Å². The lowest BCUT2D eigenvalue weighted by molar-refractivity contribution is -0.178. The van der Waals surface area contributed by atoms with Gasteiger partial charge < -0.3 is 30.5 Å². The molecule has 1 aromatic rings. The maximum atomic E-state index is 10.8. The Balaban J connectivity index is 2.09. The highest BCUT2D eigenvalue weighted by atomic mass is 16.5. The van der Waals surface area contributed by atoms with Crippen molar-refractivity contribution >= 4 is 11.7 Å². The third kappa shape index (κ3) is 3.02. The number of carboxylic acid groups (broad SMARTS) is 1. The molecule has 4 atom stereocenters. The van der Waals surface area contributed by atoms with Crippen LogP contribution in [0.3, 0.4) is 0 Å². The fourth-order valence-electron chi connectivity index (χ4n) is 1.84. The number of carbonyl (C=O) groups is 1. The molecule has 1 aliphatic rings. The standard InChI is InChI=1S/C12H15NO6/c14-8-5-19-11(10(16)9(8)15)13-7-3-1-2-6(4-7)12(17)18/h1-4,8-11,13-16H,5H2,(H,17,18)/t8-,9-,10-,11+/m1/s1. The van der Waals surface area contributed by atoms with Crippen molar-refractivity contribution in [1.29, 1.82) is 0 Å². The van der Waals surface area contributed by atoms with Crippen LogP contribution in [0.2, 0.25) is 0 Å². The van der Waals surface area contributed by atoms with Gasteiger partial charge in [0.2, 0.25) is 0 Å². The van der Waals surface area contributed by atoms with Crippen LogP contribution < -0.4 is 5.32 Å². The van der Waals surface area contributed by atoms with E-state index >= 15 is 0 Å². The van der Waals surface area contributed by atoms with Gasteiger partial charge in [-0.25, -0.2) is 4.79 Å². The van der Waals surface area contributed by atoms with E-state index in [4.69, 9.17) is 9.84 Å². The number of anilines is 1. The second-order valence-electron chi connectivity index (χ2n) is 4.33. The molecule has 0 aromatic heterocycles. The quantitative estimate of drug-likeness (QED) is 0.489. The summed E-state index contributed by atoms with van der Waals surface area (Å²) in [5.41, 5.74) is 0.531. The highest BCUT2D eigenvalue weighted by molar-refractivity contribution is 5.88. The van der Waals surface area contributed by atoms with Gasteiger partial charge in [0.05, 0.1) is 12.2 Å². The lowest BCUT2D eigenvalue weighted by Gasteiger charge is -2.35. The van der Waals surface area contributed by atoms with Crippen LogP contribution in [0.5, 0.6) is 0 Å². The summed E-state index contributed by atoms with van der Waals surface area (Å²) in [6, 6.07) is 5.98. The van der Waals surface area contributed by atoms with Crippen molar-refractivity contribution in [3.05, 3.63) is 29.8 Å². The molecule has 0 unspecified atom stereocenters. The van der Waals surface area contributed by atoms with Gasteiger partial charge >= 0.3 is 5.97 Å². The van der Waals surface area contributed by atoms with E-state index < -0.39 is 30.5 Å². The Morgan fingerprint density at radius 1 is 1.26 bits per heavy atom. The largest absolute Gasteiger partial charge is 0.478 e. The molecule has 19 heavy (non-hydrogen) atoms. The number of hydrogen-bond donors (Lipinski definition) is 5. The minimum atomic E-state index is -1.31. The van der Waals surface area contributed by atoms with Crippen molar-refractivity contribution in [3.8, 4) is 0 Å². The Morgan fingerprint density at radius 2 is 2.00 bits per heavy atom. The smallest absolute Gasteiger partial charge is 0.335 e. The molecular formula is C12H15NO6. The Labute approximate surface area is 109 Å². The van der Waals surface area contributed by atoms with Crippen LogP contribution in [-0.4, -0.2) is 57.5 Å². The summed E-state index contributed by atoms with van der Waals surface area (Å²) in [7, 11) is 0. The SMILES string of the molecule is O=C(O)c1cccc(N[C@H]2OC[C@@H](O)[C@@H](O)[C@H]2O)c1. The topological polar surface area (TPSA) is 119 Å². The first-order valence-corrected chi connectivity index (χ1v) is 5.74. The first kappa shape index (κ1) is 13.8. The normalized spacial score (nSPS) is 30.9. The van der Waals surface area contributed by atoms with Crippen molar-refractivity contribution in [1.82, 2.24) is 0 Å². The Morgan fingerprint density at radius 3 is 2.68 bits per heavy atom. The minimum Gasteiger partial charge on any atom is -0.478 e. The fraction of sp³-hybridized carbons (Fsp3) is 0.417. The van der Waals surface area contributed by atoms with Crippen molar-refractivity contribution in [2.45, 2.75) is 24.5 Å². The molecule has 0 saturated carbocycles. The summed E-state index contributed by atoms with van der Waals surface area (Å²) in [6.45, 7) is -0.117. The van der Waals surface area contributed by atoms with E-state index in [-0.39, 0.29) is 12.2 Å². The Bertz CT molecular complexity index is 465. The molecule has 1 fully saturated rings. The predicted octanol–water partition coefficient (Wildman–Crippen LogP) is -0.764. The molecule has 5 N–H and O–H groups in total. The van der Waals surface area contributed by atoms with E-state index in [1.807, 2.05) is 0 Å². The molecule has 0 radical (unpaired) electrons. The average Bonchev–Trinajstić information content (AvgIpc) is 2.40. The molecule has 1 aliphatic heterocycles. The lowest BCUT2D eigenvalue weighted by Crippen LogP contribution is -2.55. The fourth-order valence-corrected chi connectivity index (χ4v) is 1.84. The van der Waals surface area contributed by atoms with Gasteiger partial charge in [-0.1, -0.05) is 6.07 Å². The molecule has 7 heteroatoms. The van der Waals surface area contributed by atoms with E-state index in [1.54, 1.807) is 12.1 Å². The van der Waals surface area contributed by atoms with Gasteiger partial charge in [0.15, 0.2) is 6.23 Å². The molecular weight excluding hydrogens is 254 g/mol. The number of rotatable bonds is 3. The number of hydrogen-bond acceptors (Lipinski definition) is 6. The monoisotopic (exact) mass is 269 g/mol. The number of aliphatic hydroxyl groups excluding tert-OH is 3. The second-order valence-corrected chi connectivity index (χ2v) is 4.33. The van der Waals surface area contributed by atoms with Gasteiger partial charge in [-0.05, 0) is 18.2 Å². The summed E-state index contributed by atoms with van der Waals surface area (Å²) >= 11 is 0. The number of ether oxygens (including phenoxy) is 1. The van der Waals surface area contributed by atoms with E-state index in [0.717, 1.165) is 0 Å². The average molecular weight is 269 g/mol. The van der Waals surface area contributed by atoms with Crippen molar-refractivity contribution < 1.29 is 30.0 Å². The zero-order valence-corrected chi connectivity index (χ0v) is 9.93. The molecule has 2 rings (SSSR count). The molecule has 0 bridgehead atoms. The van der Waals surface area contributed by atoms with Crippen LogP contribution in [0.25, 0.3) is 0 Å². The van der Waals surface area contributed by atoms with E-state index in [2.05, 4.69) is 5.32 Å². The molecule has 0 spiro atoms. The number of carboxylic acids is 1. The van der Waals surface area contributed by atoms with Gasteiger partial charge in [0.1, 0.15) is 18.3 Å². The summed E-state index contributed by atoms with van der Waals surface area (Å²) in [5.74, 6) is -1.07. The highest BCUT2D eigenvalue weighted by Gasteiger charge is 2.37. The molecule has 1 aromatic carbocycles. The lowest BCUT2D eigenvalue weighted by atomic mass is 10.0. The van der Waals surface area contributed by atoms with E-state index in [0.29, 0.717) is 5.69 Å². The van der Waals surface area contributed by atoms with Gasteiger partial charge in [0, 0.05) is 5.69 Å². The van der Waals surface area contributed by atoms with Crippen LogP contribution in [0, 0.1) is 0 Å². The third-order valence-electron chi connectivity index (χ3n) is 2.92.